The maximum atomic E-state index is 11.4. The lowest BCUT2D eigenvalue weighted by atomic mass is 9.92. The van der Waals surface area contributed by atoms with E-state index in [9.17, 15) is 4.79 Å². The van der Waals surface area contributed by atoms with Gasteiger partial charge in [0.05, 0.1) is 0 Å². The summed E-state index contributed by atoms with van der Waals surface area (Å²) in [5.41, 5.74) is 5.21. The number of nitrogens with one attached hydrogen (secondary N) is 1. The summed E-state index contributed by atoms with van der Waals surface area (Å²) in [5.74, 6) is 0.510. The molecule has 1 atom stereocenters. The van der Waals surface area contributed by atoms with Gasteiger partial charge in [0.25, 0.3) is 0 Å². The molecule has 0 saturated carbocycles. The minimum absolute atomic E-state index is 0.384. The van der Waals surface area contributed by atoms with Crippen molar-refractivity contribution in [3.63, 3.8) is 0 Å². The molecule has 0 aromatic rings. The number of ether oxygens (including phenoxy) is 1. The van der Waals surface area contributed by atoms with Gasteiger partial charge in [-0.25, -0.2) is 4.79 Å². The van der Waals surface area contributed by atoms with Crippen LogP contribution in [-0.2, 0) is 4.74 Å². The van der Waals surface area contributed by atoms with E-state index in [2.05, 4.69) is 19.2 Å². The third-order valence-corrected chi connectivity index (χ3v) is 1.91. The summed E-state index contributed by atoms with van der Waals surface area (Å²) in [7, 11) is 0. The third-order valence-electron chi connectivity index (χ3n) is 1.91. The van der Waals surface area contributed by atoms with Gasteiger partial charge in [-0.2, -0.15) is 0 Å². The van der Waals surface area contributed by atoms with E-state index in [1.165, 1.54) is 0 Å². The summed E-state index contributed by atoms with van der Waals surface area (Å²) in [6.07, 6.45) is 0.455. The summed E-state index contributed by atoms with van der Waals surface area (Å²) in [4.78, 5) is 11.4. The van der Waals surface area contributed by atoms with Gasteiger partial charge in [0.15, 0.2) is 0 Å². The van der Waals surface area contributed by atoms with Crippen molar-refractivity contribution in [1.82, 2.24) is 5.32 Å². The van der Waals surface area contributed by atoms with Crippen LogP contribution in [0.4, 0.5) is 4.79 Å². The first-order valence-electron chi connectivity index (χ1n) is 5.77. The topological polar surface area (TPSA) is 64.3 Å². The highest BCUT2D eigenvalue weighted by molar-refractivity contribution is 5.67. The normalized spacial score (nSPS) is 15.8. The first-order chi connectivity index (χ1) is 7.02. The van der Waals surface area contributed by atoms with Crippen LogP contribution in [0, 0.1) is 5.92 Å². The lowest BCUT2D eigenvalue weighted by molar-refractivity contribution is 0.0514. The second-order valence-electron chi connectivity index (χ2n) is 6.11. The van der Waals surface area contributed by atoms with Crippen LogP contribution >= 0.6 is 0 Å². The van der Waals surface area contributed by atoms with Gasteiger partial charge in [0, 0.05) is 12.1 Å². The monoisotopic (exact) mass is 230 g/mol. The SMILES string of the molecule is CC(C)C[C@](C)(N)CNC(=O)OC(C)(C)C. The Labute approximate surface area is 98.9 Å². The second kappa shape index (κ2) is 5.53. The molecule has 0 fully saturated rings. The van der Waals surface area contributed by atoms with Gasteiger partial charge >= 0.3 is 6.09 Å². The highest BCUT2D eigenvalue weighted by Gasteiger charge is 2.22. The van der Waals surface area contributed by atoms with Gasteiger partial charge in [0.2, 0.25) is 0 Å². The third kappa shape index (κ3) is 8.53. The number of carbonyl (C=O) groups excluding carboxylic acids is 1. The molecule has 0 unspecified atom stereocenters. The van der Waals surface area contributed by atoms with Crippen LogP contribution in [0.2, 0.25) is 0 Å². The zero-order valence-electron chi connectivity index (χ0n) is 11.4. The summed E-state index contributed by atoms with van der Waals surface area (Å²) >= 11 is 0. The minimum Gasteiger partial charge on any atom is -0.444 e. The minimum atomic E-state index is -0.465. The van der Waals surface area contributed by atoms with E-state index in [-0.39, 0.29) is 5.54 Å². The van der Waals surface area contributed by atoms with Crippen molar-refractivity contribution >= 4 is 6.09 Å². The van der Waals surface area contributed by atoms with Gasteiger partial charge in [0.1, 0.15) is 5.60 Å². The van der Waals surface area contributed by atoms with Crippen LogP contribution in [-0.4, -0.2) is 23.8 Å². The summed E-state index contributed by atoms with van der Waals surface area (Å²) in [6, 6.07) is 0. The standard InChI is InChI=1S/C12H26N2O2/c1-9(2)7-12(6,13)8-14-10(15)16-11(3,4)5/h9H,7-8,13H2,1-6H3,(H,14,15)/t12-/m0/s1. The van der Waals surface area contributed by atoms with Crippen LogP contribution < -0.4 is 11.1 Å². The number of amides is 1. The van der Waals surface area contributed by atoms with Crippen molar-refractivity contribution in [2.24, 2.45) is 11.7 Å². The van der Waals surface area contributed by atoms with Crippen LogP contribution in [0.25, 0.3) is 0 Å². The Balaban J connectivity index is 4.00. The highest BCUT2D eigenvalue weighted by Crippen LogP contribution is 2.13. The Hall–Kier alpha value is -0.770. The van der Waals surface area contributed by atoms with Crippen LogP contribution in [0.15, 0.2) is 0 Å². The maximum absolute atomic E-state index is 11.4. The molecule has 0 radical (unpaired) electrons. The fraction of sp³-hybridized carbons (Fsp3) is 0.917. The first kappa shape index (κ1) is 15.2. The Bertz CT molecular complexity index is 230. The average Bonchev–Trinajstić information content (AvgIpc) is 1.95. The van der Waals surface area contributed by atoms with Crippen molar-refractivity contribution in [3.05, 3.63) is 0 Å². The predicted octanol–water partition coefficient (Wildman–Crippen LogP) is 2.27. The average molecular weight is 230 g/mol. The zero-order chi connectivity index (χ0) is 13.0. The molecule has 0 rings (SSSR count). The first-order valence-corrected chi connectivity index (χ1v) is 5.77. The maximum Gasteiger partial charge on any atom is 0.407 e. The molecule has 0 aliphatic rings. The summed E-state index contributed by atoms with van der Waals surface area (Å²) in [5, 5.41) is 2.70. The van der Waals surface area contributed by atoms with E-state index in [1.807, 2.05) is 27.7 Å². The Morgan fingerprint density at radius 2 is 1.81 bits per heavy atom. The molecule has 0 aromatic heterocycles. The van der Waals surface area contributed by atoms with Crippen molar-refractivity contribution in [1.29, 1.82) is 0 Å². The predicted molar refractivity (Wildman–Crippen MR) is 66.3 cm³/mol. The number of rotatable bonds is 4. The van der Waals surface area contributed by atoms with Crippen LogP contribution in [0.3, 0.4) is 0 Å². The van der Waals surface area contributed by atoms with Gasteiger partial charge < -0.3 is 15.8 Å². The number of alkyl carbamates (subject to hydrolysis) is 1. The van der Waals surface area contributed by atoms with E-state index >= 15 is 0 Å². The van der Waals surface area contributed by atoms with Crippen molar-refractivity contribution in [3.8, 4) is 0 Å². The molecule has 0 spiro atoms. The number of nitrogens with two attached hydrogens (primary N) is 1. The molecule has 4 nitrogen and oxygen atoms in total. The van der Waals surface area contributed by atoms with E-state index < -0.39 is 11.7 Å². The van der Waals surface area contributed by atoms with E-state index in [1.54, 1.807) is 0 Å². The lowest BCUT2D eigenvalue weighted by Gasteiger charge is -2.28. The number of hydrogen-bond donors (Lipinski definition) is 2. The van der Waals surface area contributed by atoms with E-state index in [0.717, 1.165) is 6.42 Å². The van der Waals surface area contributed by atoms with Crippen LogP contribution in [0.5, 0.6) is 0 Å². The molecular formula is C12H26N2O2. The van der Waals surface area contributed by atoms with Crippen molar-refractivity contribution < 1.29 is 9.53 Å². The largest absolute Gasteiger partial charge is 0.444 e. The molecule has 0 bridgehead atoms. The van der Waals surface area contributed by atoms with Gasteiger partial charge in [-0.3, -0.25) is 0 Å². The Morgan fingerprint density at radius 1 is 1.31 bits per heavy atom. The van der Waals surface area contributed by atoms with Crippen molar-refractivity contribution in [2.75, 3.05) is 6.54 Å². The smallest absolute Gasteiger partial charge is 0.407 e. The molecular weight excluding hydrogens is 204 g/mol. The lowest BCUT2D eigenvalue weighted by Crippen LogP contribution is -2.49. The highest BCUT2D eigenvalue weighted by atomic mass is 16.6. The molecule has 0 saturated heterocycles. The molecule has 16 heavy (non-hydrogen) atoms. The fourth-order valence-corrected chi connectivity index (χ4v) is 1.59. The summed E-state index contributed by atoms with van der Waals surface area (Å²) in [6.45, 7) is 12.1. The number of carbonyl (C=O) groups is 1. The summed E-state index contributed by atoms with van der Waals surface area (Å²) < 4.78 is 5.13. The molecule has 3 N–H and O–H groups in total. The molecule has 96 valence electrons. The quantitative estimate of drug-likeness (QED) is 0.778. The number of hydrogen-bond acceptors (Lipinski definition) is 3. The molecule has 4 heteroatoms. The van der Waals surface area contributed by atoms with E-state index in [0.29, 0.717) is 12.5 Å². The Kier molecular flexibility index (Phi) is 5.26. The molecule has 0 heterocycles. The molecule has 0 aliphatic heterocycles. The van der Waals surface area contributed by atoms with E-state index in [4.69, 9.17) is 10.5 Å². The second-order valence-corrected chi connectivity index (χ2v) is 6.11. The molecule has 0 aromatic carbocycles. The van der Waals surface area contributed by atoms with Gasteiger partial charge in [-0.1, -0.05) is 13.8 Å². The molecule has 0 aliphatic carbocycles. The van der Waals surface area contributed by atoms with Crippen molar-refractivity contribution in [2.45, 2.75) is 59.1 Å². The molecule has 1 amide bonds. The zero-order valence-corrected chi connectivity index (χ0v) is 11.4. The van der Waals surface area contributed by atoms with Gasteiger partial charge in [-0.05, 0) is 40.0 Å². The van der Waals surface area contributed by atoms with Gasteiger partial charge in [-0.15, -0.1) is 0 Å². The Morgan fingerprint density at radius 3 is 2.19 bits per heavy atom. The van der Waals surface area contributed by atoms with Crippen LogP contribution in [0.1, 0.15) is 48.0 Å². The fourth-order valence-electron chi connectivity index (χ4n) is 1.59.